The summed E-state index contributed by atoms with van der Waals surface area (Å²) >= 11 is 0. The monoisotopic (exact) mass is 701 g/mol. The van der Waals surface area contributed by atoms with Crippen molar-refractivity contribution >= 4 is 51.2 Å². The molecule has 16 heteroatoms. The highest BCUT2D eigenvalue weighted by Crippen LogP contribution is 2.45. The second-order valence-corrected chi connectivity index (χ2v) is 13.2. The number of hydrogen-bond donors (Lipinski definition) is 2. The number of halogens is 5. The minimum absolute atomic E-state index is 0.00456. The molecule has 50 heavy (non-hydrogen) atoms. The van der Waals surface area contributed by atoms with Crippen LogP contribution in [-0.4, -0.2) is 85.2 Å². The highest BCUT2D eigenvalue weighted by Gasteiger charge is 2.43. The summed E-state index contributed by atoms with van der Waals surface area (Å²) in [6.45, 7) is 6.34. The van der Waals surface area contributed by atoms with Crippen molar-refractivity contribution in [3.8, 4) is 11.1 Å². The van der Waals surface area contributed by atoms with Crippen LogP contribution in [0.15, 0.2) is 36.3 Å². The first-order chi connectivity index (χ1) is 23.5. The molecule has 1 atom stereocenters. The lowest BCUT2D eigenvalue weighted by Crippen LogP contribution is -2.57. The molecule has 2 aliphatic rings. The van der Waals surface area contributed by atoms with E-state index < -0.39 is 48.1 Å². The number of benzene rings is 1. The first-order valence-electron chi connectivity index (χ1n) is 15.9. The van der Waals surface area contributed by atoms with Crippen molar-refractivity contribution in [3.05, 3.63) is 53.5 Å². The van der Waals surface area contributed by atoms with Gasteiger partial charge in [0.05, 0.1) is 39.8 Å². The topological polar surface area (TPSA) is 116 Å². The van der Waals surface area contributed by atoms with Crippen molar-refractivity contribution < 1.29 is 41.0 Å². The Morgan fingerprint density at radius 1 is 1.10 bits per heavy atom. The number of rotatable bonds is 5. The molecule has 0 spiro atoms. The lowest BCUT2D eigenvalue weighted by molar-refractivity contribution is -0.155. The maximum absolute atomic E-state index is 16.0. The summed E-state index contributed by atoms with van der Waals surface area (Å²) in [7, 11) is 3.06. The van der Waals surface area contributed by atoms with Crippen LogP contribution in [0.1, 0.15) is 33.3 Å². The average molecular weight is 702 g/mol. The molecule has 1 saturated heterocycles. The standard InChI is InChI=1S/C34H36F5N7O4/c1-7-49-31(47)19-11-17-10-18(13-42-30(17)44(5)15-19)20-14-41-29-25(28(20)46-9-8-40-23(16-46)34(37,38)39)24-26(36)21(35)12-22(27(24)43-29)45(6)32(48)50-33(2,3)4/h10,12-15,23,40H,7-9,11,16H2,1-6H3,(H,41,43)/t23-/m0/s1. The van der Waals surface area contributed by atoms with Gasteiger partial charge in [0.15, 0.2) is 11.6 Å². The molecule has 1 fully saturated rings. The van der Waals surface area contributed by atoms with Crippen LogP contribution in [0.5, 0.6) is 0 Å². The Labute approximate surface area is 284 Å². The van der Waals surface area contributed by atoms with E-state index in [1.54, 1.807) is 51.9 Å². The van der Waals surface area contributed by atoms with E-state index in [0.29, 0.717) is 28.1 Å². The van der Waals surface area contributed by atoms with Gasteiger partial charge in [-0.15, -0.1) is 0 Å². The SMILES string of the molecule is CCOC(=O)C1=CN(C)c2ncc(-c3cnc4[nH]c5c(N(C)C(=O)OC(C)(C)C)cc(F)c(F)c5c4c3N3CCN[C@H](C(F)(F)F)C3)cc2C1. The first-order valence-corrected chi connectivity index (χ1v) is 15.9. The molecule has 1 aromatic carbocycles. The number of esters is 1. The van der Waals surface area contributed by atoms with Gasteiger partial charge in [-0.1, -0.05) is 0 Å². The highest BCUT2D eigenvalue weighted by molar-refractivity contribution is 6.19. The number of carbonyl (C=O) groups excluding carboxylic acids is 2. The molecule has 4 aromatic rings. The molecule has 0 aliphatic carbocycles. The summed E-state index contributed by atoms with van der Waals surface area (Å²) in [6.07, 6.45) is -0.697. The Balaban J connectivity index is 1.59. The molecule has 266 valence electrons. The number of aromatic amines is 1. The maximum atomic E-state index is 16.0. The maximum Gasteiger partial charge on any atom is 0.414 e. The van der Waals surface area contributed by atoms with E-state index in [-0.39, 0.29) is 59.4 Å². The molecule has 6 rings (SSSR count). The summed E-state index contributed by atoms with van der Waals surface area (Å²) < 4.78 is 84.3. The van der Waals surface area contributed by atoms with Gasteiger partial charge in [-0.3, -0.25) is 4.90 Å². The summed E-state index contributed by atoms with van der Waals surface area (Å²) in [5.41, 5.74) is 0.992. The molecule has 5 heterocycles. The van der Waals surface area contributed by atoms with Crippen LogP contribution < -0.4 is 20.0 Å². The third-order valence-corrected chi connectivity index (χ3v) is 8.52. The zero-order chi connectivity index (χ0) is 36.3. The number of pyridine rings is 2. The van der Waals surface area contributed by atoms with Crippen molar-refractivity contribution in [2.45, 2.75) is 51.9 Å². The van der Waals surface area contributed by atoms with E-state index in [0.717, 1.165) is 11.0 Å². The molecule has 2 aliphatic heterocycles. The van der Waals surface area contributed by atoms with Crippen LogP contribution in [-0.2, 0) is 20.7 Å². The van der Waals surface area contributed by atoms with Crippen molar-refractivity contribution in [2.75, 3.05) is 55.0 Å². The van der Waals surface area contributed by atoms with Gasteiger partial charge >= 0.3 is 18.2 Å². The van der Waals surface area contributed by atoms with Crippen LogP contribution in [0.3, 0.4) is 0 Å². The van der Waals surface area contributed by atoms with E-state index in [1.807, 2.05) is 0 Å². The quantitative estimate of drug-likeness (QED) is 0.185. The van der Waals surface area contributed by atoms with E-state index in [2.05, 4.69) is 20.3 Å². The highest BCUT2D eigenvalue weighted by atomic mass is 19.4. The Hall–Kier alpha value is -4.99. The molecule has 3 aromatic heterocycles. The Morgan fingerprint density at radius 2 is 1.84 bits per heavy atom. The first kappa shape index (κ1) is 34.9. The van der Waals surface area contributed by atoms with Crippen molar-refractivity contribution in [1.29, 1.82) is 0 Å². The third-order valence-electron chi connectivity index (χ3n) is 8.52. The van der Waals surface area contributed by atoms with Gasteiger partial charge in [0, 0.05) is 81.5 Å². The number of aromatic nitrogens is 3. The molecular weight excluding hydrogens is 665 g/mol. The van der Waals surface area contributed by atoms with E-state index in [4.69, 9.17) is 9.47 Å². The van der Waals surface area contributed by atoms with Crippen LogP contribution in [0.4, 0.5) is 43.9 Å². The second kappa shape index (κ2) is 12.7. The van der Waals surface area contributed by atoms with Crippen molar-refractivity contribution in [3.63, 3.8) is 0 Å². The fraction of sp³-hybridized carbons (Fsp3) is 0.412. The summed E-state index contributed by atoms with van der Waals surface area (Å²) in [5, 5.41) is 2.22. The smallest absolute Gasteiger partial charge is 0.414 e. The predicted octanol–water partition coefficient (Wildman–Crippen LogP) is 6.21. The minimum Gasteiger partial charge on any atom is -0.463 e. The Morgan fingerprint density at radius 3 is 2.52 bits per heavy atom. The number of amides is 1. The van der Waals surface area contributed by atoms with Gasteiger partial charge in [-0.25, -0.2) is 28.3 Å². The van der Waals surface area contributed by atoms with Crippen LogP contribution in [0, 0.1) is 11.6 Å². The van der Waals surface area contributed by atoms with Crippen molar-refractivity contribution in [1.82, 2.24) is 20.3 Å². The molecule has 0 radical (unpaired) electrons. The van der Waals surface area contributed by atoms with E-state index >= 15 is 8.78 Å². The van der Waals surface area contributed by atoms with Crippen LogP contribution in [0.25, 0.3) is 33.1 Å². The number of hydrogen-bond acceptors (Lipinski definition) is 9. The fourth-order valence-electron chi connectivity index (χ4n) is 6.32. The summed E-state index contributed by atoms with van der Waals surface area (Å²) in [5.74, 6) is -2.51. The fourth-order valence-corrected chi connectivity index (χ4v) is 6.32. The Bertz CT molecular complexity index is 2040. The molecule has 2 N–H and O–H groups in total. The van der Waals surface area contributed by atoms with Gasteiger partial charge < -0.3 is 29.6 Å². The van der Waals surface area contributed by atoms with Crippen molar-refractivity contribution in [2.24, 2.45) is 0 Å². The number of H-pyrrole nitrogens is 1. The minimum atomic E-state index is -4.60. The number of carbonyl (C=O) groups is 2. The molecule has 11 nitrogen and oxygen atoms in total. The average Bonchev–Trinajstić information content (AvgIpc) is 3.44. The summed E-state index contributed by atoms with van der Waals surface area (Å²) in [6, 6.07) is 0.676. The zero-order valence-electron chi connectivity index (χ0n) is 28.3. The number of alkyl halides is 3. The van der Waals surface area contributed by atoms with E-state index in [1.165, 1.54) is 24.3 Å². The van der Waals surface area contributed by atoms with Gasteiger partial charge in [0.1, 0.15) is 23.1 Å². The number of fused-ring (bicyclic) bond motifs is 4. The molecular formula is C34H36F5N7O4. The summed E-state index contributed by atoms with van der Waals surface area (Å²) in [4.78, 5) is 41.9. The molecule has 0 bridgehead atoms. The van der Waals surface area contributed by atoms with Gasteiger partial charge in [-0.2, -0.15) is 13.2 Å². The Kier molecular flexibility index (Phi) is 8.87. The number of anilines is 3. The van der Waals surface area contributed by atoms with Crippen LogP contribution >= 0.6 is 0 Å². The van der Waals surface area contributed by atoms with Gasteiger partial charge in [0.2, 0.25) is 0 Å². The molecule has 0 saturated carbocycles. The lowest BCUT2D eigenvalue weighted by Gasteiger charge is -2.37. The number of piperazine rings is 1. The van der Waals surface area contributed by atoms with E-state index in [9.17, 15) is 22.8 Å². The number of nitrogens with zero attached hydrogens (tertiary/aromatic N) is 5. The van der Waals surface area contributed by atoms with Gasteiger partial charge in [0.25, 0.3) is 0 Å². The van der Waals surface area contributed by atoms with Gasteiger partial charge in [-0.05, 0) is 33.8 Å². The zero-order valence-corrected chi connectivity index (χ0v) is 28.3. The second-order valence-electron chi connectivity index (χ2n) is 13.2. The third kappa shape index (κ3) is 6.39. The lowest BCUT2D eigenvalue weighted by atomic mass is 9.96. The van der Waals surface area contributed by atoms with Crippen LogP contribution in [0.2, 0.25) is 0 Å². The number of ether oxygens (including phenoxy) is 2. The molecule has 0 unspecified atom stereocenters. The molecule has 1 amide bonds. The number of nitrogens with one attached hydrogen (secondary N) is 2. The normalized spacial score (nSPS) is 16.8. The predicted molar refractivity (Wildman–Crippen MR) is 178 cm³/mol. The largest absolute Gasteiger partial charge is 0.463 e.